The van der Waals surface area contributed by atoms with Gasteiger partial charge in [-0.25, -0.2) is 0 Å². The molecule has 2 aromatic carbocycles. The Morgan fingerprint density at radius 3 is 1.87 bits per heavy atom. The van der Waals surface area contributed by atoms with Crippen LogP contribution in [0.3, 0.4) is 0 Å². The van der Waals surface area contributed by atoms with E-state index in [9.17, 15) is 9.59 Å². The third-order valence-corrected chi connectivity index (χ3v) is 6.33. The normalized spacial score (nSPS) is 21.0. The average Bonchev–Trinajstić information content (AvgIpc) is 3.42. The zero-order valence-electron chi connectivity index (χ0n) is 17.7. The van der Waals surface area contributed by atoms with Gasteiger partial charge in [0.15, 0.2) is 0 Å². The Hall–Kier alpha value is -2.62. The highest BCUT2D eigenvalue weighted by Gasteiger charge is 2.35. The van der Waals surface area contributed by atoms with Crippen molar-refractivity contribution in [2.75, 3.05) is 13.1 Å². The van der Waals surface area contributed by atoms with Crippen LogP contribution in [-0.4, -0.2) is 34.7 Å². The topological polar surface area (TPSA) is 40.6 Å². The SMILES string of the molecule is O=C1C(CC2CC2)CCN1Cc1ccccc1.O=C1CCCN1Cc1ccccc1. The van der Waals surface area contributed by atoms with Crippen LogP contribution in [0.15, 0.2) is 60.7 Å². The molecule has 2 amide bonds. The number of likely N-dealkylation sites (tertiary alicyclic amines) is 2. The first kappa shape index (κ1) is 20.6. The summed E-state index contributed by atoms with van der Waals surface area (Å²) in [6.07, 6.45) is 6.66. The molecule has 3 aliphatic rings. The van der Waals surface area contributed by atoms with E-state index < -0.39 is 0 Å². The molecule has 0 N–H and O–H groups in total. The molecule has 4 heteroatoms. The lowest BCUT2D eigenvalue weighted by Crippen LogP contribution is -2.27. The van der Waals surface area contributed by atoms with Gasteiger partial charge in [-0.2, -0.15) is 0 Å². The van der Waals surface area contributed by atoms with Crippen molar-refractivity contribution in [3.05, 3.63) is 71.8 Å². The molecule has 158 valence electrons. The van der Waals surface area contributed by atoms with Crippen molar-refractivity contribution in [2.45, 2.75) is 51.6 Å². The van der Waals surface area contributed by atoms with E-state index in [0.717, 1.165) is 57.8 Å². The number of hydrogen-bond donors (Lipinski definition) is 0. The number of carbonyl (C=O) groups is 2. The predicted octanol–water partition coefficient (Wildman–Crippen LogP) is 4.64. The molecular weight excluding hydrogens is 372 g/mol. The van der Waals surface area contributed by atoms with E-state index >= 15 is 0 Å². The smallest absolute Gasteiger partial charge is 0.226 e. The summed E-state index contributed by atoms with van der Waals surface area (Å²) in [6.45, 7) is 3.44. The van der Waals surface area contributed by atoms with E-state index in [-0.39, 0.29) is 0 Å². The molecule has 30 heavy (non-hydrogen) atoms. The number of rotatable bonds is 6. The largest absolute Gasteiger partial charge is 0.338 e. The van der Waals surface area contributed by atoms with E-state index in [1.165, 1.54) is 24.0 Å². The van der Waals surface area contributed by atoms with Crippen LogP contribution in [0.25, 0.3) is 0 Å². The van der Waals surface area contributed by atoms with Crippen LogP contribution in [0.1, 0.15) is 49.7 Å². The van der Waals surface area contributed by atoms with Gasteiger partial charge in [0.05, 0.1) is 0 Å². The molecule has 4 nitrogen and oxygen atoms in total. The lowest BCUT2D eigenvalue weighted by molar-refractivity contribution is -0.131. The molecule has 1 unspecified atom stereocenters. The summed E-state index contributed by atoms with van der Waals surface area (Å²) in [5.74, 6) is 1.87. The van der Waals surface area contributed by atoms with Gasteiger partial charge in [-0.3, -0.25) is 9.59 Å². The first-order valence-electron chi connectivity index (χ1n) is 11.3. The quantitative estimate of drug-likeness (QED) is 0.703. The van der Waals surface area contributed by atoms with Gasteiger partial charge in [-0.1, -0.05) is 73.5 Å². The summed E-state index contributed by atoms with van der Waals surface area (Å²) < 4.78 is 0. The lowest BCUT2D eigenvalue weighted by atomic mass is 10.0. The van der Waals surface area contributed by atoms with Crippen molar-refractivity contribution >= 4 is 11.8 Å². The molecule has 3 fully saturated rings. The van der Waals surface area contributed by atoms with E-state index in [2.05, 4.69) is 24.3 Å². The molecule has 5 rings (SSSR count). The van der Waals surface area contributed by atoms with Gasteiger partial charge in [0.2, 0.25) is 11.8 Å². The fraction of sp³-hybridized carbons (Fsp3) is 0.462. The molecule has 2 aliphatic heterocycles. The molecule has 1 atom stereocenters. The lowest BCUT2D eigenvalue weighted by Gasteiger charge is -2.16. The van der Waals surface area contributed by atoms with Crippen molar-refractivity contribution in [3.63, 3.8) is 0 Å². The molecule has 2 saturated heterocycles. The fourth-order valence-corrected chi connectivity index (χ4v) is 4.41. The second-order valence-corrected chi connectivity index (χ2v) is 8.81. The minimum atomic E-state index is 0.295. The molecular formula is C26H32N2O2. The van der Waals surface area contributed by atoms with E-state index in [0.29, 0.717) is 17.7 Å². The Morgan fingerprint density at radius 1 is 0.733 bits per heavy atom. The first-order valence-corrected chi connectivity index (χ1v) is 11.3. The molecule has 0 aromatic heterocycles. The van der Waals surface area contributed by atoms with Crippen LogP contribution in [0.2, 0.25) is 0 Å². The van der Waals surface area contributed by atoms with Crippen molar-refractivity contribution in [3.8, 4) is 0 Å². The maximum absolute atomic E-state index is 12.2. The van der Waals surface area contributed by atoms with Crippen LogP contribution < -0.4 is 0 Å². The molecule has 0 spiro atoms. The van der Waals surface area contributed by atoms with Gasteiger partial charge >= 0.3 is 0 Å². The molecule has 2 aromatic rings. The number of benzene rings is 2. The Morgan fingerprint density at radius 2 is 1.33 bits per heavy atom. The number of hydrogen-bond acceptors (Lipinski definition) is 2. The summed E-state index contributed by atoms with van der Waals surface area (Å²) in [5.41, 5.74) is 2.46. The highest BCUT2D eigenvalue weighted by atomic mass is 16.2. The Bertz CT molecular complexity index is 833. The van der Waals surface area contributed by atoms with Crippen molar-refractivity contribution < 1.29 is 9.59 Å². The maximum Gasteiger partial charge on any atom is 0.226 e. The molecule has 1 saturated carbocycles. The highest BCUT2D eigenvalue weighted by Crippen LogP contribution is 2.38. The van der Waals surface area contributed by atoms with Crippen molar-refractivity contribution in [1.29, 1.82) is 0 Å². The Balaban J connectivity index is 0.000000151. The number of nitrogens with zero attached hydrogens (tertiary/aromatic N) is 2. The second kappa shape index (κ2) is 9.92. The molecule has 1 aliphatic carbocycles. The second-order valence-electron chi connectivity index (χ2n) is 8.81. The third kappa shape index (κ3) is 5.71. The van der Waals surface area contributed by atoms with Gasteiger partial charge in [0.25, 0.3) is 0 Å². The van der Waals surface area contributed by atoms with Gasteiger partial charge in [0.1, 0.15) is 0 Å². The predicted molar refractivity (Wildman–Crippen MR) is 118 cm³/mol. The number of amides is 2. The minimum absolute atomic E-state index is 0.295. The third-order valence-electron chi connectivity index (χ3n) is 6.33. The van der Waals surface area contributed by atoms with Gasteiger partial charge in [-0.05, 0) is 36.3 Å². The van der Waals surface area contributed by atoms with Crippen molar-refractivity contribution in [2.24, 2.45) is 11.8 Å². The van der Waals surface area contributed by atoms with Gasteiger partial charge in [-0.15, -0.1) is 0 Å². The standard InChI is InChI=1S/C15H19NO.C11H13NO/c17-15-14(10-12-6-7-12)8-9-16(15)11-13-4-2-1-3-5-13;13-11-7-4-8-12(11)9-10-5-2-1-3-6-10/h1-5,12,14H,6-11H2;1-3,5-6H,4,7-9H2. The van der Waals surface area contributed by atoms with Crippen LogP contribution in [0.5, 0.6) is 0 Å². The Kier molecular flexibility index (Phi) is 6.83. The Labute approximate surface area is 179 Å². The summed E-state index contributed by atoms with van der Waals surface area (Å²) in [7, 11) is 0. The van der Waals surface area contributed by atoms with Gasteiger partial charge in [0, 0.05) is 38.5 Å². The van der Waals surface area contributed by atoms with Crippen LogP contribution >= 0.6 is 0 Å². The zero-order valence-corrected chi connectivity index (χ0v) is 17.7. The molecule has 0 radical (unpaired) electrons. The monoisotopic (exact) mass is 404 g/mol. The van der Waals surface area contributed by atoms with E-state index in [4.69, 9.17) is 0 Å². The summed E-state index contributed by atoms with van der Waals surface area (Å²) in [6, 6.07) is 20.4. The zero-order chi connectivity index (χ0) is 20.8. The highest BCUT2D eigenvalue weighted by molar-refractivity contribution is 5.81. The maximum atomic E-state index is 12.2. The minimum Gasteiger partial charge on any atom is -0.338 e. The van der Waals surface area contributed by atoms with Crippen LogP contribution in [-0.2, 0) is 22.7 Å². The van der Waals surface area contributed by atoms with Crippen LogP contribution in [0.4, 0.5) is 0 Å². The summed E-state index contributed by atoms with van der Waals surface area (Å²) in [5, 5.41) is 0. The van der Waals surface area contributed by atoms with Crippen LogP contribution in [0, 0.1) is 11.8 Å². The first-order chi connectivity index (χ1) is 14.7. The molecule has 2 heterocycles. The van der Waals surface area contributed by atoms with E-state index in [1.807, 2.05) is 46.2 Å². The molecule has 0 bridgehead atoms. The van der Waals surface area contributed by atoms with Gasteiger partial charge < -0.3 is 9.80 Å². The van der Waals surface area contributed by atoms with Crippen molar-refractivity contribution in [1.82, 2.24) is 9.80 Å². The van der Waals surface area contributed by atoms with E-state index in [1.54, 1.807) is 0 Å². The fourth-order valence-electron chi connectivity index (χ4n) is 4.41. The number of carbonyl (C=O) groups excluding carboxylic acids is 2. The summed E-state index contributed by atoms with van der Waals surface area (Å²) >= 11 is 0. The average molecular weight is 405 g/mol. The summed E-state index contributed by atoms with van der Waals surface area (Å²) in [4.78, 5) is 27.5.